The van der Waals surface area contributed by atoms with E-state index in [2.05, 4.69) is 4.90 Å². The van der Waals surface area contributed by atoms with Gasteiger partial charge in [-0.2, -0.15) is 4.98 Å². The zero-order chi connectivity index (χ0) is 22.9. The third-order valence-electron chi connectivity index (χ3n) is 5.98. The summed E-state index contributed by atoms with van der Waals surface area (Å²) in [5.41, 5.74) is 2.09. The van der Waals surface area contributed by atoms with Crippen molar-refractivity contribution in [3.63, 3.8) is 0 Å². The number of anilines is 2. The highest BCUT2D eigenvalue weighted by molar-refractivity contribution is 5.77. The summed E-state index contributed by atoms with van der Waals surface area (Å²) in [4.78, 5) is 33.2. The molecule has 0 N–H and O–H groups in total. The van der Waals surface area contributed by atoms with E-state index in [0.717, 1.165) is 30.0 Å². The van der Waals surface area contributed by atoms with Gasteiger partial charge in [-0.3, -0.25) is 13.9 Å². The lowest BCUT2D eigenvalue weighted by atomic mass is 10.2. The van der Waals surface area contributed by atoms with E-state index in [1.54, 1.807) is 14.2 Å². The zero-order valence-corrected chi connectivity index (χ0v) is 18.6. The van der Waals surface area contributed by atoms with Crippen LogP contribution in [0.3, 0.4) is 0 Å². The average Bonchev–Trinajstić information content (AvgIpc) is 3.25. The zero-order valence-electron chi connectivity index (χ0n) is 18.6. The Labute approximate surface area is 190 Å². The molecule has 0 bridgehead atoms. The SMILES string of the molecule is COc1cccc(N2CCCn3c2nc2c3c(=O)n(C/C=C\c3ccccc3)c(=O)n2C)c1. The molecule has 1 aliphatic rings. The molecule has 0 spiro atoms. The molecule has 168 valence electrons. The van der Waals surface area contributed by atoms with Crippen LogP contribution in [-0.4, -0.2) is 32.3 Å². The maximum atomic E-state index is 13.4. The summed E-state index contributed by atoms with van der Waals surface area (Å²) in [6.45, 7) is 1.62. The Morgan fingerprint density at radius 2 is 1.88 bits per heavy atom. The minimum Gasteiger partial charge on any atom is -0.497 e. The summed E-state index contributed by atoms with van der Waals surface area (Å²) < 4.78 is 10.0. The van der Waals surface area contributed by atoms with E-state index in [9.17, 15) is 9.59 Å². The summed E-state index contributed by atoms with van der Waals surface area (Å²) in [6, 6.07) is 17.5. The number of imidazole rings is 1. The van der Waals surface area contributed by atoms with Crippen molar-refractivity contribution < 1.29 is 4.74 Å². The molecule has 0 unspecified atom stereocenters. The molecule has 0 saturated heterocycles. The number of aryl methyl sites for hydroxylation is 2. The molecule has 8 heteroatoms. The molecule has 0 fully saturated rings. The van der Waals surface area contributed by atoms with Gasteiger partial charge in [0.05, 0.1) is 7.11 Å². The first kappa shape index (κ1) is 20.8. The first-order valence-corrected chi connectivity index (χ1v) is 10.9. The molecule has 33 heavy (non-hydrogen) atoms. The van der Waals surface area contributed by atoms with Crippen molar-refractivity contribution in [3.05, 3.63) is 87.1 Å². The van der Waals surface area contributed by atoms with Gasteiger partial charge in [0.2, 0.25) is 5.95 Å². The highest BCUT2D eigenvalue weighted by atomic mass is 16.5. The van der Waals surface area contributed by atoms with Crippen LogP contribution in [-0.2, 0) is 20.1 Å². The van der Waals surface area contributed by atoms with Crippen LogP contribution in [0, 0.1) is 0 Å². The van der Waals surface area contributed by atoms with E-state index in [-0.39, 0.29) is 17.8 Å². The van der Waals surface area contributed by atoms with Crippen LogP contribution in [0.4, 0.5) is 11.6 Å². The first-order valence-electron chi connectivity index (χ1n) is 10.9. The van der Waals surface area contributed by atoms with Crippen molar-refractivity contribution in [1.82, 2.24) is 18.7 Å². The number of fused-ring (bicyclic) bond motifs is 3. The Bertz CT molecular complexity index is 1460. The summed E-state index contributed by atoms with van der Waals surface area (Å²) in [5, 5.41) is 0. The summed E-state index contributed by atoms with van der Waals surface area (Å²) in [6.07, 6.45) is 4.60. The molecule has 2 aromatic heterocycles. The number of rotatable bonds is 5. The van der Waals surface area contributed by atoms with Crippen molar-refractivity contribution in [3.8, 4) is 5.75 Å². The van der Waals surface area contributed by atoms with E-state index in [4.69, 9.17) is 9.72 Å². The van der Waals surface area contributed by atoms with Gasteiger partial charge >= 0.3 is 5.69 Å². The van der Waals surface area contributed by atoms with Gasteiger partial charge in [0.15, 0.2) is 11.2 Å². The second-order valence-corrected chi connectivity index (χ2v) is 8.01. The fourth-order valence-corrected chi connectivity index (χ4v) is 4.31. The van der Waals surface area contributed by atoms with Crippen molar-refractivity contribution in [1.29, 1.82) is 0 Å². The molecule has 0 amide bonds. The van der Waals surface area contributed by atoms with Crippen molar-refractivity contribution in [2.45, 2.75) is 19.5 Å². The van der Waals surface area contributed by atoms with E-state index in [0.29, 0.717) is 23.7 Å². The van der Waals surface area contributed by atoms with Crippen LogP contribution in [0.1, 0.15) is 12.0 Å². The van der Waals surface area contributed by atoms with Crippen LogP contribution in [0.15, 0.2) is 70.3 Å². The normalized spacial score (nSPS) is 13.6. The summed E-state index contributed by atoms with van der Waals surface area (Å²) in [7, 11) is 3.30. The molecule has 0 saturated carbocycles. The van der Waals surface area contributed by atoms with E-state index in [1.165, 1.54) is 9.13 Å². The molecule has 0 aliphatic carbocycles. The Hall–Kier alpha value is -4.07. The standard InChI is InChI=1S/C25H25N5O3/c1-27-22-21(23(31)30(25(27)32)14-7-11-18-9-4-3-5-10-18)29-16-8-15-28(24(29)26-22)19-12-6-13-20(17-19)33-2/h3-7,9-13,17H,8,14-16H2,1-2H3/b11-7-. The molecule has 3 heterocycles. The van der Waals surface area contributed by atoms with Gasteiger partial charge in [-0.25, -0.2) is 4.79 Å². The molecule has 0 atom stereocenters. The summed E-state index contributed by atoms with van der Waals surface area (Å²) in [5.74, 6) is 1.41. The van der Waals surface area contributed by atoms with E-state index < -0.39 is 0 Å². The van der Waals surface area contributed by atoms with Crippen LogP contribution < -0.4 is 20.9 Å². The highest BCUT2D eigenvalue weighted by Crippen LogP contribution is 2.32. The van der Waals surface area contributed by atoms with Gasteiger partial charge in [0, 0.05) is 38.4 Å². The lowest BCUT2D eigenvalue weighted by Gasteiger charge is -2.29. The van der Waals surface area contributed by atoms with Gasteiger partial charge < -0.3 is 14.2 Å². The fourth-order valence-electron chi connectivity index (χ4n) is 4.31. The minimum absolute atomic E-state index is 0.191. The molecule has 8 nitrogen and oxygen atoms in total. The number of nitrogens with zero attached hydrogens (tertiary/aromatic N) is 5. The van der Waals surface area contributed by atoms with Crippen LogP contribution in [0.2, 0.25) is 0 Å². The van der Waals surface area contributed by atoms with Gasteiger partial charge in [-0.05, 0) is 24.1 Å². The maximum absolute atomic E-state index is 13.4. The molecule has 1 aliphatic heterocycles. The topological polar surface area (TPSA) is 74.3 Å². The lowest BCUT2D eigenvalue weighted by Crippen LogP contribution is -2.39. The smallest absolute Gasteiger partial charge is 0.332 e. The number of methoxy groups -OCH3 is 1. The Balaban J connectivity index is 1.60. The predicted octanol–water partition coefficient (Wildman–Crippen LogP) is 3.16. The van der Waals surface area contributed by atoms with E-state index >= 15 is 0 Å². The lowest BCUT2D eigenvalue weighted by molar-refractivity contribution is 0.415. The monoisotopic (exact) mass is 443 g/mol. The number of allylic oxidation sites excluding steroid dienone is 1. The Morgan fingerprint density at radius 3 is 2.67 bits per heavy atom. The maximum Gasteiger partial charge on any atom is 0.332 e. The Kier molecular flexibility index (Phi) is 5.34. The van der Waals surface area contributed by atoms with Gasteiger partial charge in [-0.1, -0.05) is 48.6 Å². The van der Waals surface area contributed by atoms with Crippen LogP contribution in [0.5, 0.6) is 5.75 Å². The molecular weight excluding hydrogens is 418 g/mol. The third kappa shape index (κ3) is 3.63. The molecule has 4 aromatic rings. The molecule has 0 radical (unpaired) electrons. The molecule has 2 aromatic carbocycles. The third-order valence-corrected chi connectivity index (χ3v) is 5.98. The fraction of sp³-hybridized carbons (Fsp3) is 0.240. The van der Waals surface area contributed by atoms with Crippen LogP contribution in [0.25, 0.3) is 17.2 Å². The largest absolute Gasteiger partial charge is 0.497 e. The first-order chi connectivity index (χ1) is 16.1. The second-order valence-electron chi connectivity index (χ2n) is 8.01. The summed E-state index contributed by atoms with van der Waals surface area (Å²) >= 11 is 0. The number of aromatic nitrogens is 4. The second kappa shape index (κ2) is 8.46. The highest BCUT2D eigenvalue weighted by Gasteiger charge is 2.27. The number of hydrogen-bond donors (Lipinski definition) is 0. The van der Waals surface area contributed by atoms with E-state index in [1.807, 2.05) is 71.3 Å². The van der Waals surface area contributed by atoms with Gasteiger partial charge in [0.25, 0.3) is 5.56 Å². The predicted molar refractivity (Wildman–Crippen MR) is 129 cm³/mol. The van der Waals surface area contributed by atoms with Gasteiger partial charge in [-0.15, -0.1) is 0 Å². The number of benzene rings is 2. The molecule has 5 rings (SSSR count). The minimum atomic E-state index is -0.381. The quantitative estimate of drug-likeness (QED) is 0.474. The van der Waals surface area contributed by atoms with Crippen LogP contribution >= 0.6 is 0 Å². The van der Waals surface area contributed by atoms with Crippen molar-refractivity contribution in [2.75, 3.05) is 18.6 Å². The van der Waals surface area contributed by atoms with Crippen molar-refractivity contribution in [2.24, 2.45) is 7.05 Å². The van der Waals surface area contributed by atoms with Crippen molar-refractivity contribution >= 4 is 28.9 Å². The number of ether oxygens (including phenoxy) is 1. The number of hydrogen-bond acceptors (Lipinski definition) is 5. The average molecular weight is 444 g/mol. The molecular formula is C25H25N5O3. The van der Waals surface area contributed by atoms with Gasteiger partial charge in [0.1, 0.15) is 5.75 Å². The Morgan fingerprint density at radius 1 is 1.06 bits per heavy atom.